The lowest BCUT2D eigenvalue weighted by Gasteiger charge is -2.36. The summed E-state index contributed by atoms with van der Waals surface area (Å²) < 4.78 is 7.52. The van der Waals surface area contributed by atoms with Crippen LogP contribution in [0.5, 0.6) is 6.01 Å². The van der Waals surface area contributed by atoms with Crippen molar-refractivity contribution in [1.82, 2.24) is 29.3 Å². The number of imidazole rings is 1. The quantitative estimate of drug-likeness (QED) is 0.524. The number of ether oxygens (including phenoxy) is 1. The van der Waals surface area contributed by atoms with Crippen LogP contribution in [-0.2, 0) is 6.54 Å². The van der Waals surface area contributed by atoms with E-state index in [2.05, 4.69) is 45.5 Å². The molecule has 1 aliphatic rings. The lowest BCUT2D eigenvalue weighted by molar-refractivity contribution is 0.107. The number of hydrogen-bond acceptors (Lipinski definition) is 7. The van der Waals surface area contributed by atoms with Crippen molar-refractivity contribution >= 4 is 17.0 Å². The van der Waals surface area contributed by atoms with E-state index in [1.807, 2.05) is 6.92 Å². The molecule has 0 bridgehead atoms. The van der Waals surface area contributed by atoms with Crippen LogP contribution >= 0.6 is 0 Å². The molecule has 1 saturated heterocycles. The summed E-state index contributed by atoms with van der Waals surface area (Å²) in [7, 11) is 0. The van der Waals surface area contributed by atoms with E-state index >= 15 is 0 Å². The van der Waals surface area contributed by atoms with Gasteiger partial charge < -0.3 is 20.4 Å². The average Bonchev–Trinajstić information content (AvgIpc) is 3.06. The second-order valence-electron chi connectivity index (χ2n) is 8.92. The van der Waals surface area contributed by atoms with E-state index in [1.54, 1.807) is 4.57 Å². The molecule has 0 saturated carbocycles. The predicted molar refractivity (Wildman–Crippen MR) is 125 cm³/mol. The van der Waals surface area contributed by atoms with Crippen LogP contribution in [-0.4, -0.2) is 74.2 Å². The van der Waals surface area contributed by atoms with Gasteiger partial charge in [-0.15, -0.1) is 0 Å². The highest BCUT2D eigenvalue weighted by Gasteiger charge is 2.19. The molecule has 1 unspecified atom stereocenters. The Bertz CT molecular complexity index is 884. The molecule has 0 spiro atoms. The molecule has 174 valence electrons. The van der Waals surface area contributed by atoms with Crippen LogP contribution in [0.3, 0.4) is 0 Å². The maximum atomic E-state index is 12.5. The zero-order valence-electron chi connectivity index (χ0n) is 19.6. The third-order valence-corrected chi connectivity index (χ3v) is 6.14. The molecule has 2 aromatic rings. The number of rotatable bonds is 11. The van der Waals surface area contributed by atoms with Gasteiger partial charge in [0.05, 0.1) is 6.10 Å². The average molecular weight is 434 g/mol. The minimum Gasteiger partial charge on any atom is -0.460 e. The van der Waals surface area contributed by atoms with E-state index in [1.165, 1.54) is 0 Å². The van der Waals surface area contributed by atoms with Crippen LogP contribution in [0.4, 0.5) is 5.82 Å². The summed E-state index contributed by atoms with van der Waals surface area (Å²) in [6.45, 7) is 14.8. The summed E-state index contributed by atoms with van der Waals surface area (Å²) in [5.41, 5.74) is 6.90. The maximum Gasteiger partial charge on any atom is 0.327 e. The smallest absolute Gasteiger partial charge is 0.327 e. The summed E-state index contributed by atoms with van der Waals surface area (Å²) in [5.74, 6) is 0.251. The first kappa shape index (κ1) is 23.5. The number of aromatic nitrogens is 4. The SMILES string of the molecule is CCCCC(C)Oc1nc(N)c2[nH]c(=O)n(CCCCN3CCN(C(C)C)CC3)c2n1. The Labute approximate surface area is 185 Å². The predicted octanol–water partition coefficient (Wildman–Crippen LogP) is 2.47. The molecule has 0 aliphatic carbocycles. The number of nitrogen functional groups attached to an aromatic ring is 1. The Balaban J connectivity index is 1.57. The number of aromatic amines is 1. The largest absolute Gasteiger partial charge is 0.460 e. The first-order valence-electron chi connectivity index (χ1n) is 11.8. The van der Waals surface area contributed by atoms with Gasteiger partial charge in [0, 0.05) is 38.8 Å². The Morgan fingerprint density at radius 3 is 2.45 bits per heavy atom. The van der Waals surface area contributed by atoms with Gasteiger partial charge >= 0.3 is 11.7 Å². The standard InChI is InChI=1S/C22H39N7O2/c1-5-6-9-17(4)31-21-25-19(23)18-20(26-21)29(22(30)24-18)11-8-7-10-27-12-14-28(15-13-27)16(2)3/h16-17H,5-15H2,1-4H3,(H,24,30)(H2,23,25,26). The van der Waals surface area contributed by atoms with E-state index in [-0.39, 0.29) is 23.6 Å². The van der Waals surface area contributed by atoms with E-state index in [4.69, 9.17) is 10.5 Å². The molecular formula is C22H39N7O2. The number of unbranched alkanes of at least 4 members (excludes halogenated alkanes) is 2. The van der Waals surface area contributed by atoms with Gasteiger partial charge in [0.2, 0.25) is 0 Å². The molecule has 1 atom stereocenters. The summed E-state index contributed by atoms with van der Waals surface area (Å²) in [6, 6.07) is 0.859. The van der Waals surface area contributed by atoms with Gasteiger partial charge in [0.1, 0.15) is 5.52 Å². The Morgan fingerprint density at radius 2 is 1.77 bits per heavy atom. The number of anilines is 1. The lowest BCUT2D eigenvalue weighted by Crippen LogP contribution is -2.48. The van der Waals surface area contributed by atoms with Crippen molar-refractivity contribution in [1.29, 1.82) is 0 Å². The third kappa shape index (κ3) is 6.20. The molecule has 1 aliphatic heterocycles. The van der Waals surface area contributed by atoms with E-state index in [9.17, 15) is 4.79 Å². The van der Waals surface area contributed by atoms with Crippen molar-refractivity contribution in [3.05, 3.63) is 10.5 Å². The fraction of sp³-hybridized carbons (Fsp3) is 0.773. The Kier molecular flexibility index (Phi) is 8.31. The van der Waals surface area contributed by atoms with Crippen molar-refractivity contribution in [2.75, 3.05) is 38.5 Å². The number of fused-ring (bicyclic) bond motifs is 1. The zero-order chi connectivity index (χ0) is 22.4. The Hall–Kier alpha value is -2.13. The van der Waals surface area contributed by atoms with Crippen LogP contribution in [0.2, 0.25) is 0 Å². The molecule has 0 radical (unpaired) electrons. The summed E-state index contributed by atoms with van der Waals surface area (Å²) in [5, 5.41) is 0. The first-order valence-corrected chi connectivity index (χ1v) is 11.8. The van der Waals surface area contributed by atoms with E-state index in [0.717, 1.165) is 64.8 Å². The number of piperazine rings is 1. The van der Waals surface area contributed by atoms with Gasteiger partial charge in [-0.25, -0.2) is 4.79 Å². The molecule has 3 heterocycles. The molecule has 0 aromatic carbocycles. The van der Waals surface area contributed by atoms with Crippen LogP contribution < -0.4 is 16.2 Å². The van der Waals surface area contributed by atoms with Gasteiger partial charge in [-0.05, 0) is 46.6 Å². The minimum absolute atomic E-state index is 0.00655. The van der Waals surface area contributed by atoms with Crippen molar-refractivity contribution < 1.29 is 4.74 Å². The highest BCUT2D eigenvalue weighted by Crippen LogP contribution is 2.19. The lowest BCUT2D eigenvalue weighted by atomic mass is 10.2. The fourth-order valence-electron chi connectivity index (χ4n) is 4.13. The normalized spacial score (nSPS) is 16.9. The van der Waals surface area contributed by atoms with Crippen LogP contribution in [0.25, 0.3) is 11.2 Å². The molecule has 3 rings (SSSR count). The molecule has 2 aromatic heterocycles. The van der Waals surface area contributed by atoms with Crippen molar-refractivity contribution in [2.24, 2.45) is 0 Å². The van der Waals surface area contributed by atoms with E-state index in [0.29, 0.717) is 23.8 Å². The Morgan fingerprint density at radius 1 is 1.06 bits per heavy atom. The highest BCUT2D eigenvalue weighted by molar-refractivity contribution is 5.81. The monoisotopic (exact) mass is 433 g/mol. The van der Waals surface area contributed by atoms with Crippen molar-refractivity contribution in [3.63, 3.8) is 0 Å². The number of nitrogens with one attached hydrogen (secondary N) is 1. The molecule has 3 N–H and O–H groups in total. The topological polar surface area (TPSA) is 105 Å². The molecule has 0 amide bonds. The number of hydrogen-bond donors (Lipinski definition) is 2. The van der Waals surface area contributed by atoms with Crippen LogP contribution in [0, 0.1) is 0 Å². The van der Waals surface area contributed by atoms with Gasteiger partial charge in [-0.1, -0.05) is 19.8 Å². The van der Waals surface area contributed by atoms with Crippen LogP contribution in [0.15, 0.2) is 4.79 Å². The van der Waals surface area contributed by atoms with Crippen molar-refractivity contribution in [2.45, 2.75) is 78.5 Å². The summed E-state index contributed by atoms with van der Waals surface area (Å²) in [6.07, 6.45) is 5.08. The van der Waals surface area contributed by atoms with E-state index < -0.39 is 0 Å². The highest BCUT2D eigenvalue weighted by atomic mass is 16.5. The van der Waals surface area contributed by atoms with Gasteiger partial charge in [0.25, 0.3) is 0 Å². The van der Waals surface area contributed by atoms with Gasteiger partial charge in [-0.2, -0.15) is 9.97 Å². The summed E-state index contributed by atoms with van der Waals surface area (Å²) >= 11 is 0. The van der Waals surface area contributed by atoms with Crippen LogP contribution in [0.1, 0.15) is 59.8 Å². The first-order chi connectivity index (χ1) is 14.9. The van der Waals surface area contributed by atoms with Gasteiger partial charge in [-0.3, -0.25) is 9.47 Å². The number of H-pyrrole nitrogens is 1. The zero-order valence-corrected chi connectivity index (χ0v) is 19.6. The summed E-state index contributed by atoms with van der Waals surface area (Å²) in [4.78, 5) is 29.1. The fourth-order valence-corrected chi connectivity index (χ4v) is 4.13. The second-order valence-corrected chi connectivity index (χ2v) is 8.92. The van der Waals surface area contributed by atoms with Gasteiger partial charge in [0.15, 0.2) is 11.5 Å². The van der Waals surface area contributed by atoms with Crippen molar-refractivity contribution in [3.8, 4) is 6.01 Å². The third-order valence-electron chi connectivity index (χ3n) is 6.14. The molecule has 9 heteroatoms. The number of nitrogens with two attached hydrogens (primary N) is 1. The number of nitrogens with zero attached hydrogens (tertiary/aromatic N) is 5. The second kappa shape index (κ2) is 10.9. The number of aryl methyl sites for hydroxylation is 1. The minimum atomic E-state index is -0.197. The molecule has 9 nitrogen and oxygen atoms in total. The molecule has 31 heavy (non-hydrogen) atoms. The maximum absolute atomic E-state index is 12.5. The molecular weight excluding hydrogens is 394 g/mol. The molecule has 1 fully saturated rings.